The Bertz CT molecular complexity index is 790. The third-order valence-electron chi connectivity index (χ3n) is 3.67. The molecule has 0 amide bonds. The van der Waals surface area contributed by atoms with Gasteiger partial charge in [0.1, 0.15) is 0 Å². The van der Waals surface area contributed by atoms with E-state index in [4.69, 9.17) is 0 Å². The molecule has 0 aliphatic rings. The monoisotopic (exact) mass is 344 g/mol. The number of rotatable bonds is 6. The number of anilines is 2. The molecule has 0 radical (unpaired) electrons. The lowest BCUT2D eigenvalue weighted by Crippen LogP contribution is -2.22. The highest BCUT2D eigenvalue weighted by Crippen LogP contribution is 2.17. The molecule has 2 rings (SSSR count). The van der Waals surface area contributed by atoms with Crippen molar-refractivity contribution < 1.29 is 8.42 Å². The van der Waals surface area contributed by atoms with Crippen LogP contribution in [0.4, 0.5) is 11.4 Å². The smallest absolute Gasteiger partial charge is 0.235 e. The van der Waals surface area contributed by atoms with Crippen LogP contribution < -0.4 is 9.62 Å². The standard InChI is InChI=1S/C19H24N2O2S/c1-15(2)24(22,23)20-18-11-7-16(8-12-18)5-6-17-9-13-19(14-10-17)21(3)4/h5-15,20H,1-4H3/b6-5+. The molecule has 1 N–H and O–H groups in total. The highest BCUT2D eigenvalue weighted by Gasteiger charge is 2.14. The van der Waals surface area contributed by atoms with Crippen LogP contribution in [0.5, 0.6) is 0 Å². The van der Waals surface area contributed by atoms with E-state index in [2.05, 4.69) is 33.9 Å². The van der Waals surface area contributed by atoms with Crippen molar-refractivity contribution in [3.63, 3.8) is 0 Å². The van der Waals surface area contributed by atoms with E-state index in [0.717, 1.165) is 16.8 Å². The van der Waals surface area contributed by atoms with E-state index < -0.39 is 15.3 Å². The molecular formula is C19H24N2O2S. The molecular weight excluding hydrogens is 320 g/mol. The van der Waals surface area contributed by atoms with E-state index in [0.29, 0.717) is 5.69 Å². The molecule has 0 spiro atoms. The molecule has 0 heterocycles. The lowest BCUT2D eigenvalue weighted by molar-refractivity contribution is 0.593. The van der Waals surface area contributed by atoms with Crippen molar-refractivity contribution in [2.75, 3.05) is 23.7 Å². The third kappa shape index (κ3) is 4.86. The molecule has 2 aromatic rings. The van der Waals surface area contributed by atoms with Gasteiger partial charge in [-0.25, -0.2) is 8.42 Å². The van der Waals surface area contributed by atoms with Crippen LogP contribution in [0.2, 0.25) is 0 Å². The Balaban J connectivity index is 2.06. The first-order valence-corrected chi connectivity index (χ1v) is 9.40. The van der Waals surface area contributed by atoms with Gasteiger partial charge in [0, 0.05) is 25.5 Å². The van der Waals surface area contributed by atoms with Gasteiger partial charge in [0.25, 0.3) is 0 Å². The fourth-order valence-electron chi connectivity index (χ4n) is 2.02. The van der Waals surface area contributed by atoms with Crippen molar-refractivity contribution in [2.45, 2.75) is 19.1 Å². The molecule has 0 aliphatic carbocycles. The van der Waals surface area contributed by atoms with Crippen molar-refractivity contribution in [1.82, 2.24) is 0 Å². The summed E-state index contributed by atoms with van der Waals surface area (Å²) in [5.41, 5.74) is 3.87. The fraction of sp³-hybridized carbons (Fsp3) is 0.263. The van der Waals surface area contributed by atoms with Crippen LogP contribution in [0, 0.1) is 0 Å². The summed E-state index contributed by atoms with van der Waals surface area (Å²) in [6.07, 6.45) is 4.04. The van der Waals surface area contributed by atoms with Crippen LogP contribution in [0.3, 0.4) is 0 Å². The van der Waals surface area contributed by atoms with Gasteiger partial charge in [0.2, 0.25) is 10.0 Å². The molecule has 2 aromatic carbocycles. The van der Waals surface area contributed by atoms with Gasteiger partial charge in [-0.05, 0) is 49.2 Å². The summed E-state index contributed by atoms with van der Waals surface area (Å²) < 4.78 is 26.3. The molecule has 128 valence electrons. The Morgan fingerprint density at radius 3 is 1.75 bits per heavy atom. The van der Waals surface area contributed by atoms with E-state index in [1.54, 1.807) is 26.0 Å². The molecule has 0 fully saturated rings. The largest absolute Gasteiger partial charge is 0.378 e. The maximum absolute atomic E-state index is 11.8. The maximum atomic E-state index is 11.8. The second kappa shape index (κ2) is 7.53. The first kappa shape index (κ1) is 18.1. The average molecular weight is 344 g/mol. The molecule has 24 heavy (non-hydrogen) atoms. The van der Waals surface area contributed by atoms with E-state index in [1.807, 2.05) is 38.4 Å². The summed E-state index contributed by atoms with van der Waals surface area (Å²) in [6, 6.07) is 15.6. The predicted octanol–water partition coefficient (Wildman–Crippen LogP) is 4.07. The first-order valence-electron chi connectivity index (χ1n) is 7.85. The second-order valence-electron chi connectivity index (χ2n) is 6.14. The minimum absolute atomic E-state index is 0.456. The van der Waals surface area contributed by atoms with Gasteiger partial charge in [-0.2, -0.15) is 0 Å². The topological polar surface area (TPSA) is 49.4 Å². The minimum atomic E-state index is -3.30. The zero-order valence-corrected chi connectivity index (χ0v) is 15.3. The summed E-state index contributed by atoms with van der Waals surface area (Å²) in [4.78, 5) is 2.06. The number of nitrogens with one attached hydrogen (secondary N) is 1. The number of hydrogen-bond acceptors (Lipinski definition) is 3. The fourth-order valence-corrected chi connectivity index (χ4v) is 2.72. The Kier molecular flexibility index (Phi) is 5.67. The van der Waals surface area contributed by atoms with E-state index in [-0.39, 0.29) is 0 Å². The quantitative estimate of drug-likeness (QED) is 0.804. The zero-order valence-electron chi connectivity index (χ0n) is 14.5. The van der Waals surface area contributed by atoms with Crippen LogP contribution in [-0.2, 0) is 10.0 Å². The van der Waals surface area contributed by atoms with Crippen LogP contribution in [-0.4, -0.2) is 27.8 Å². The second-order valence-corrected chi connectivity index (χ2v) is 8.37. The molecule has 0 aromatic heterocycles. The summed E-state index contributed by atoms with van der Waals surface area (Å²) in [7, 11) is 0.725. The van der Waals surface area contributed by atoms with E-state index in [9.17, 15) is 8.42 Å². The van der Waals surface area contributed by atoms with Gasteiger partial charge in [0.05, 0.1) is 5.25 Å². The van der Waals surface area contributed by atoms with Gasteiger partial charge < -0.3 is 4.90 Å². The summed E-state index contributed by atoms with van der Waals surface area (Å²) in [5, 5.41) is -0.456. The molecule has 0 aliphatic heterocycles. The van der Waals surface area contributed by atoms with E-state index in [1.165, 1.54) is 0 Å². The zero-order chi connectivity index (χ0) is 17.7. The SMILES string of the molecule is CC(C)S(=O)(=O)Nc1ccc(/C=C/c2ccc(N(C)C)cc2)cc1. The van der Waals surface area contributed by atoms with Gasteiger partial charge in [-0.3, -0.25) is 4.72 Å². The lowest BCUT2D eigenvalue weighted by Gasteiger charge is -2.11. The minimum Gasteiger partial charge on any atom is -0.378 e. The molecule has 5 heteroatoms. The van der Waals surface area contributed by atoms with Gasteiger partial charge in [-0.15, -0.1) is 0 Å². The van der Waals surface area contributed by atoms with Crippen molar-refractivity contribution in [3.8, 4) is 0 Å². The van der Waals surface area contributed by atoms with Crippen molar-refractivity contribution in [1.29, 1.82) is 0 Å². The average Bonchev–Trinajstić information content (AvgIpc) is 2.54. The summed E-state index contributed by atoms with van der Waals surface area (Å²) in [6.45, 7) is 3.31. The Labute approximate surface area is 144 Å². The molecule has 0 bridgehead atoms. The number of sulfonamides is 1. The number of hydrogen-bond donors (Lipinski definition) is 1. The molecule has 0 saturated heterocycles. The van der Waals surface area contributed by atoms with Crippen LogP contribution in [0.1, 0.15) is 25.0 Å². The van der Waals surface area contributed by atoms with Gasteiger partial charge >= 0.3 is 0 Å². The molecule has 4 nitrogen and oxygen atoms in total. The number of benzene rings is 2. The van der Waals surface area contributed by atoms with Crippen LogP contribution in [0.25, 0.3) is 12.2 Å². The highest BCUT2D eigenvalue weighted by atomic mass is 32.2. The Hall–Kier alpha value is -2.27. The summed E-state index contributed by atoms with van der Waals surface area (Å²) in [5.74, 6) is 0. The normalized spacial score (nSPS) is 11.9. The van der Waals surface area contributed by atoms with Gasteiger partial charge in [0.15, 0.2) is 0 Å². The maximum Gasteiger partial charge on any atom is 0.235 e. The lowest BCUT2D eigenvalue weighted by atomic mass is 10.1. The molecule has 0 saturated carbocycles. The van der Waals surface area contributed by atoms with Crippen LogP contribution in [0.15, 0.2) is 48.5 Å². The molecule has 0 atom stereocenters. The van der Waals surface area contributed by atoms with Crippen molar-refractivity contribution >= 4 is 33.6 Å². The van der Waals surface area contributed by atoms with Gasteiger partial charge in [-0.1, -0.05) is 36.4 Å². The first-order chi connectivity index (χ1) is 11.3. The molecule has 0 unspecified atom stereocenters. The van der Waals surface area contributed by atoms with E-state index >= 15 is 0 Å². The van der Waals surface area contributed by atoms with Crippen molar-refractivity contribution in [2.24, 2.45) is 0 Å². The number of nitrogens with zero attached hydrogens (tertiary/aromatic N) is 1. The van der Waals surface area contributed by atoms with Crippen molar-refractivity contribution in [3.05, 3.63) is 59.7 Å². The highest BCUT2D eigenvalue weighted by molar-refractivity contribution is 7.93. The predicted molar refractivity (Wildman–Crippen MR) is 104 cm³/mol. The Morgan fingerprint density at radius 1 is 0.875 bits per heavy atom. The Morgan fingerprint density at radius 2 is 1.33 bits per heavy atom. The van der Waals surface area contributed by atoms with Crippen LogP contribution >= 0.6 is 0 Å². The summed E-state index contributed by atoms with van der Waals surface area (Å²) >= 11 is 0. The third-order valence-corrected chi connectivity index (χ3v) is 5.43.